The maximum absolute atomic E-state index is 16.9. The molecule has 0 radical (unpaired) electrons. The number of benzene rings is 6. The Morgan fingerprint density at radius 3 is 2.04 bits per heavy atom. The minimum atomic E-state index is -1.47. The van der Waals surface area contributed by atoms with Gasteiger partial charge in [0.1, 0.15) is 12.0 Å². The van der Waals surface area contributed by atoms with Crippen molar-refractivity contribution >= 4 is 70.9 Å². The maximum Gasteiger partial charge on any atom is 2.00 e. The zero-order valence-corrected chi connectivity index (χ0v) is 29.7. The Balaban J connectivity index is 0.00000338. The molecule has 0 spiro atoms. The quantitative estimate of drug-likeness (QED) is 0.131. The van der Waals surface area contributed by atoms with Crippen LogP contribution in [0.1, 0.15) is 17.3 Å². The number of aromatic nitrogens is 5. The van der Waals surface area contributed by atoms with Crippen molar-refractivity contribution in [1.29, 1.82) is 0 Å². The van der Waals surface area contributed by atoms with Crippen molar-refractivity contribution in [3.63, 3.8) is 0 Å². The molecule has 5 aromatic heterocycles. The fourth-order valence-corrected chi connectivity index (χ4v) is 8.03. The molecule has 248 valence electrons. The second-order valence-electron chi connectivity index (χ2n) is 12.9. The van der Waals surface area contributed by atoms with Gasteiger partial charge in [0.25, 0.3) is 0 Å². The van der Waals surface area contributed by atoms with Gasteiger partial charge >= 0.3 is 21.1 Å². The third-order valence-corrected chi connectivity index (χ3v) is 10.2. The number of nitrogens with zero attached hydrogens (tertiary/aromatic N) is 5. The molecular formula is C45H26FN5Pt. The van der Waals surface area contributed by atoms with E-state index in [1.807, 2.05) is 71.3 Å². The van der Waals surface area contributed by atoms with Crippen molar-refractivity contribution in [1.82, 2.24) is 23.5 Å². The molecule has 0 fully saturated rings. The van der Waals surface area contributed by atoms with Gasteiger partial charge in [-0.1, -0.05) is 94.0 Å². The molecule has 0 saturated carbocycles. The van der Waals surface area contributed by atoms with Crippen molar-refractivity contribution in [3.8, 4) is 11.5 Å². The van der Waals surface area contributed by atoms with Crippen LogP contribution in [-0.2, 0) is 21.1 Å². The zero-order chi connectivity index (χ0) is 33.6. The van der Waals surface area contributed by atoms with Gasteiger partial charge in [0.15, 0.2) is 0 Å². The summed E-state index contributed by atoms with van der Waals surface area (Å²) in [7, 11) is 0. The summed E-state index contributed by atoms with van der Waals surface area (Å²) < 4.78 is 23.4. The number of pyridine rings is 2. The van der Waals surface area contributed by atoms with E-state index >= 15 is 4.39 Å². The Bertz CT molecular complexity index is 3160. The molecule has 1 unspecified atom stereocenters. The van der Waals surface area contributed by atoms with Crippen molar-refractivity contribution < 1.29 is 25.5 Å². The van der Waals surface area contributed by atoms with E-state index in [-0.39, 0.29) is 21.1 Å². The zero-order valence-electron chi connectivity index (χ0n) is 27.4. The molecule has 0 saturated heterocycles. The molecule has 7 heteroatoms. The van der Waals surface area contributed by atoms with Gasteiger partial charge in [-0.05, 0) is 53.2 Å². The summed E-state index contributed by atoms with van der Waals surface area (Å²) in [6.07, 6.45) is 4.04. The van der Waals surface area contributed by atoms with Crippen LogP contribution in [0.15, 0.2) is 152 Å². The normalized spacial score (nSPS) is 12.5. The van der Waals surface area contributed by atoms with E-state index in [0.29, 0.717) is 11.1 Å². The predicted molar refractivity (Wildman–Crippen MR) is 204 cm³/mol. The van der Waals surface area contributed by atoms with Crippen molar-refractivity contribution in [2.75, 3.05) is 0 Å². The van der Waals surface area contributed by atoms with Crippen LogP contribution in [-0.4, -0.2) is 23.5 Å². The van der Waals surface area contributed by atoms with E-state index in [1.54, 1.807) is 12.4 Å². The number of halogens is 1. The monoisotopic (exact) mass is 850 g/mol. The maximum atomic E-state index is 16.9. The Hall–Kier alpha value is -6.10. The first-order chi connectivity index (χ1) is 25.2. The Kier molecular flexibility index (Phi) is 6.92. The first-order valence-electron chi connectivity index (χ1n) is 17.0. The summed E-state index contributed by atoms with van der Waals surface area (Å²) in [5.74, 6) is 0.744. The van der Waals surface area contributed by atoms with E-state index in [1.165, 1.54) is 5.39 Å². The van der Waals surface area contributed by atoms with Gasteiger partial charge in [0.05, 0.1) is 16.7 Å². The number of rotatable bonds is 4. The minimum absolute atomic E-state index is 0. The topological polar surface area (TPSA) is 40.0 Å². The largest absolute Gasteiger partial charge is 2.00 e. The van der Waals surface area contributed by atoms with Crippen LogP contribution in [0.4, 0.5) is 4.39 Å². The molecular weight excluding hydrogens is 825 g/mol. The Morgan fingerprint density at radius 2 is 1.23 bits per heavy atom. The average Bonchev–Trinajstić information content (AvgIpc) is 3.91. The van der Waals surface area contributed by atoms with Gasteiger partial charge in [-0.2, -0.15) is 18.2 Å². The van der Waals surface area contributed by atoms with Crippen LogP contribution < -0.4 is 0 Å². The molecule has 52 heavy (non-hydrogen) atoms. The molecule has 0 amide bonds. The fraction of sp³-hybridized carbons (Fsp3) is 0.0222. The van der Waals surface area contributed by atoms with Crippen molar-refractivity contribution in [3.05, 3.63) is 175 Å². The first kappa shape index (κ1) is 30.7. The Labute approximate surface area is 311 Å². The summed E-state index contributed by atoms with van der Waals surface area (Å²) in [4.78, 5) is 9.41. The summed E-state index contributed by atoms with van der Waals surface area (Å²) in [6.45, 7) is 0. The van der Waals surface area contributed by atoms with E-state index in [0.717, 1.165) is 77.1 Å². The smallest absolute Gasteiger partial charge is 0.340 e. The molecule has 11 aromatic rings. The molecule has 0 N–H and O–H groups in total. The van der Waals surface area contributed by atoms with Gasteiger partial charge in [-0.15, -0.1) is 23.8 Å². The third kappa shape index (κ3) is 4.31. The average molecular weight is 851 g/mol. The molecule has 0 bridgehead atoms. The predicted octanol–water partition coefficient (Wildman–Crippen LogP) is 10.9. The molecule has 0 aliphatic heterocycles. The molecule has 5 heterocycles. The number of alkyl halides is 1. The summed E-state index contributed by atoms with van der Waals surface area (Å²) >= 11 is 0. The van der Waals surface area contributed by atoms with Gasteiger partial charge in [0.2, 0.25) is 0 Å². The summed E-state index contributed by atoms with van der Waals surface area (Å²) in [6, 6.07) is 52.1. The van der Waals surface area contributed by atoms with E-state index in [9.17, 15) is 0 Å². The van der Waals surface area contributed by atoms with E-state index in [2.05, 4.69) is 99.0 Å². The van der Waals surface area contributed by atoms with Gasteiger partial charge in [-0.3, -0.25) is 4.98 Å². The SMILES string of the molecule is FC(c1[c-]c2c(cc1)c1ccccc1n1ccnc21)c1[c-]c2c(cc1)c1c(ccc3c4ccccc4n(-c4ccccc4)c31)n2-c1ccccn1.[Pt+2]. The van der Waals surface area contributed by atoms with E-state index < -0.39 is 6.17 Å². The standard InChI is InChI=1S/C45H26FN5.Pt/c46-43(28-17-19-31-32-12-4-6-14-37(32)49-25-24-48-45(49)36(31)26-28)29-18-20-35-40(27-29)51(41-16-8-9-23-47-41)39-22-21-34-33-13-5-7-15-38(33)50(44(34)42(35)39)30-10-2-1-3-11-30;/h1-25,43H;/q-2;+2. The molecule has 11 rings (SSSR count). The van der Waals surface area contributed by atoms with Crippen molar-refractivity contribution in [2.45, 2.75) is 6.17 Å². The van der Waals surface area contributed by atoms with Crippen LogP contribution >= 0.6 is 0 Å². The molecule has 0 aliphatic carbocycles. The molecule has 1 atom stereocenters. The third-order valence-electron chi connectivity index (χ3n) is 10.2. The number of hydrogen-bond acceptors (Lipinski definition) is 2. The van der Waals surface area contributed by atoms with Crippen LogP contribution in [0.3, 0.4) is 0 Å². The summed E-state index contributed by atoms with van der Waals surface area (Å²) in [5.41, 5.74) is 7.71. The number of imidazole rings is 1. The van der Waals surface area contributed by atoms with Gasteiger partial charge in [-0.25, -0.2) is 9.37 Å². The number of para-hydroxylation sites is 3. The van der Waals surface area contributed by atoms with Gasteiger partial charge in [0, 0.05) is 46.1 Å². The van der Waals surface area contributed by atoms with Crippen molar-refractivity contribution in [2.24, 2.45) is 0 Å². The van der Waals surface area contributed by atoms with Crippen LogP contribution in [0, 0.1) is 12.1 Å². The number of hydrogen-bond donors (Lipinski definition) is 0. The summed E-state index contributed by atoms with van der Waals surface area (Å²) in [5, 5.41) is 7.22. The fourth-order valence-electron chi connectivity index (χ4n) is 8.03. The second-order valence-corrected chi connectivity index (χ2v) is 12.9. The molecule has 5 nitrogen and oxygen atoms in total. The van der Waals surface area contributed by atoms with Crippen LogP contribution in [0.5, 0.6) is 0 Å². The number of fused-ring (bicyclic) bond motifs is 13. The first-order valence-corrected chi connectivity index (χ1v) is 17.0. The molecule has 0 aliphatic rings. The van der Waals surface area contributed by atoms with E-state index in [4.69, 9.17) is 4.98 Å². The Morgan fingerprint density at radius 1 is 0.538 bits per heavy atom. The van der Waals surface area contributed by atoms with Gasteiger partial charge < -0.3 is 13.5 Å². The minimum Gasteiger partial charge on any atom is -0.340 e. The van der Waals surface area contributed by atoms with Crippen LogP contribution in [0.25, 0.3) is 82.4 Å². The van der Waals surface area contributed by atoms with Crippen LogP contribution in [0.2, 0.25) is 0 Å². The molecule has 6 aromatic carbocycles. The second kappa shape index (κ2) is 11.7.